The number of ether oxygens (including phenoxy) is 1. The van der Waals surface area contributed by atoms with Crippen molar-refractivity contribution >= 4 is 40.4 Å². The van der Waals surface area contributed by atoms with Gasteiger partial charge in [0.1, 0.15) is 0 Å². The molecular formula is C26H23ClN4O3S. The smallest absolute Gasteiger partial charge is 0.261 e. The quantitative estimate of drug-likeness (QED) is 0.402. The average Bonchev–Trinajstić information content (AvgIpc) is 3.45. The van der Waals surface area contributed by atoms with Crippen molar-refractivity contribution in [3.8, 4) is 16.9 Å². The Morgan fingerprint density at radius 2 is 1.80 bits per heavy atom. The van der Waals surface area contributed by atoms with Crippen LogP contribution in [0.1, 0.15) is 21.7 Å². The molecule has 9 heteroatoms. The normalized spacial score (nSPS) is 14.1. The van der Waals surface area contributed by atoms with Gasteiger partial charge in [-0.25, -0.2) is 4.68 Å². The molecule has 0 atom stereocenters. The zero-order chi connectivity index (χ0) is 24.2. The van der Waals surface area contributed by atoms with Gasteiger partial charge in [-0.3, -0.25) is 9.59 Å². The molecule has 0 spiro atoms. The molecule has 2 amide bonds. The van der Waals surface area contributed by atoms with Gasteiger partial charge >= 0.3 is 0 Å². The van der Waals surface area contributed by atoms with Crippen LogP contribution in [0.5, 0.6) is 0 Å². The second-order valence-electron chi connectivity index (χ2n) is 8.02. The number of carbonyl (C=O) groups excluding carboxylic acids is 2. The van der Waals surface area contributed by atoms with Gasteiger partial charge in [-0.1, -0.05) is 41.9 Å². The lowest BCUT2D eigenvalue weighted by atomic mass is 10.1. The molecule has 0 saturated carbocycles. The molecule has 3 heterocycles. The van der Waals surface area contributed by atoms with E-state index in [1.54, 1.807) is 21.7 Å². The predicted octanol–water partition coefficient (Wildman–Crippen LogP) is 4.94. The van der Waals surface area contributed by atoms with E-state index in [2.05, 4.69) is 5.32 Å². The van der Waals surface area contributed by atoms with Crippen LogP contribution in [-0.2, 0) is 16.1 Å². The van der Waals surface area contributed by atoms with Crippen LogP contribution >= 0.6 is 22.9 Å². The highest BCUT2D eigenvalue weighted by Crippen LogP contribution is 2.26. The topological polar surface area (TPSA) is 76.5 Å². The molecule has 4 aromatic rings. The minimum absolute atomic E-state index is 0.0609. The van der Waals surface area contributed by atoms with Crippen molar-refractivity contribution in [2.24, 2.45) is 0 Å². The Labute approximate surface area is 211 Å². The van der Waals surface area contributed by atoms with E-state index in [1.165, 1.54) is 11.3 Å². The van der Waals surface area contributed by atoms with E-state index in [9.17, 15) is 9.59 Å². The highest BCUT2D eigenvalue weighted by Gasteiger charge is 2.19. The van der Waals surface area contributed by atoms with Crippen LogP contribution in [-0.4, -0.2) is 41.4 Å². The number of carbonyl (C=O) groups is 2. The Kier molecular flexibility index (Phi) is 6.94. The van der Waals surface area contributed by atoms with Gasteiger partial charge < -0.3 is 15.0 Å². The van der Waals surface area contributed by atoms with E-state index in [-0.39, 0.29) is 11.8 Å². The van der Waals surface area contributed by atoms with Gasteiger partial charge in [0.05, 0.1) is 40.2 Å². The van der Waals surface area contributed by atoms with Gasteiger partial charge in [-0.05, 0) is 36.4 Å². The summed E-state index contributed by atoms with van der Waals surface area (Å²) in [5.74, 6) is -0.116. The number of thiophene rings is 1. The summed E-state index contributed by atoms with van der Waals surface area (Å²) in [6, 6.07) is 21.0. The molecule has 1 saturated heterocycles. The van der Waals surface area contributed by atoms with Gasteiger partial charge in [0.2, 0.25) is 5.91 Å². The Balaban J connectivity index is 1.40. The second-order valence-corrected chi connectivity index (χ2v) is 9.74. The fourth-order valence-corrected chi connectivity index (χ4v) is 4.90. The maximum absolute atomic E-state index is 12.6. The fourth-order valence-electron chi connectivity index (χ4n) is 3.94. The van der Waals surface area contributed by atoms with Crippen molar-refractivity contribution in [2.45, 2.75) is 13.0 Å². The third kappa shape index (κ3) is 5.30. The van der Waals surface area contributed by atoms with Crippen LogP contribution in [0.4, 0.5) is 5.69 Å². The molecule has 0 bridgehead atoms. The zero-order valence-corrected chi connectivity index (χ0v) is 20.4. The molecule has 5 rings (SSSR count). The monoisotopic (exact) mass is 506 g/mol. The summed E-state index contributed by atoms with van der Waals surface area (Å²) in [5.41, 5.74) is 4.32. The van der Waals surface area contributed by atoms with E-state index in [4.69, 9.17) is 21.4 Å². The van der Waals surface area contributed by atoms with Crippen LogP contribution in [0.15, 0.2) is 72.9 Å². The van der Waals surface area contributed by atoms with Gasteiger partial charge in [0.25, 0.3) is 5.91 Å². The van der Waals surface area contributed by atoms with Crippen molar-refractivity contribution in [3.63, 3.8) is 0 Å². The lowest BCUT2D eigenvalue weighted by Gasteiger charge is -2.20. The van der Waals surface area contributed by atoms with Crippen molar-refractivity contribution in [1.82, 2.24) is 15.1 Å². The third-order valence-corrected chi connectivity index (χ3v) is 6.95. The molecule has 2 aromatic heterocycles. The lowest BCUT2D eigenvalue weighted by Crippen LogP contribution is -2.31. The minimum Gasteiger partial charge on any atom is -0.379 e. The number of halogens is 1. The van der Waals surface area contributed by atoms with Crippen molar-refractivity contribution < 1.29 is 14.3 Å². The number of rotatable bonds is 6. The average molecular weight is 507 g/mol. The van der Waals surface area contributed by atoms with Crippen LogP contribution in [0.2, 0.25) is 4.34 Å². The van der Waals surface area contributed by atoms with Gasteiger partial charge in [0, 0.05) is 36.1 Å². The largest absolute Gasteiger partial charge is 0.379 e. The van der Waals surface area contributed by atoms with E-state index in [0.29, 0.717) is 41.9 Å². The summed E-state index contributed by atoms with van der Waals surface area (Å²) in [5, 5.41) is 7.79. The number of aromatic nitrogens is 2. The molecule has 2 aromatic carbocycles. The van der Waals surface area contributed by atoms with Crippen molar-refractivity contribution in [2.75, 3.05) is 24.7 Å². The number of amides is 2. The number of nitrogens with one attached hydrogen (secondary N) is 1. The molecule has 1 aliphatic heterocycles. The van der Waals surface area contributed by atoms with Crippen LogP contribution in [0.3, 0.4) is 0 Å². The summed E-state index contributed by atoms with van der Waals surface area (Å²) < 4.78 is 7.79. The summed E-state index contributed by atoms with van der Waals surface area (Å²) >= 11 is 7.22. The summed E-state index contributed by atoms with van der Waals surface area (Å²) in [7, 11) is 0. The van der Waals surface area contributed by atoms with Crippen molar-refractivity contribution in [3.05, 3.63) is 87.7 Å². The molecular weight excluding hydrogens is 484 g/mol. The lowest BCUT2D eigenvalue weighted by molar-refractivity contribution is -0.118. The molecule has 1 fully saturated rings. The predicted molar refractivity (Wildman–Crippen MR) is 137 cm³/mol. The summed E-state index contributed by atoms with van der Waals surface area (Å²) in [6.45, 7) is 1.85. The number of hydrogen-bond acceptors (Lipinski definition) is 5. The summed E-state index contributed by atoms with van der Waals surface area (Å²) in [4.78, 5) is 27.3. The highest BCUT2D eigenvalue weighted by molar-refractivity contribution is 7.18. The molecule has 0 radical (unpaired) electrons. The van der Waals surface area contributed by atoms with E-state index < -0.39 is 0 Å². The number of hydrogen-bond donors (Lipinski definition) is 1. The van der Waals surface area contributed by atoms with E-state index in [0.717, 1.165) is 28.2 Å². The SMILES string of the molecule is O=C(NCc1cn(-c2ccc(N3CCOCCC3=O)cc2)nc1-c1ccccc1)c1ccc(Cl)s1. The second kappa shape index (κ2) is 10.4. The zero-order valence-electron chi connectivity index (χ0n) is 18.8. The Morgan fingerprint density at radius 3 is 2.54 bits per heavy atom. The standard InChI is InChI=1S/C26H23ClN4O3S/c27-23-11-10-22(35-23)26(33)28-16-19-17-31(29-25(19)18-4-2-1-3-5-18)21-8-6-20(7-9-21)30-13-15-34-14-12-24(30)32/h1-11,17H,12-16H2,(H,28,33). The minimum atomic E-state index is -0.177. The first-order valence-corrected chi connectivity index (χ1v) is 12.4. The molecule has 35 heavy (non-hydrogen) atoms. The van der Waals surface area contributed by atoms with E-state index >= 15 is 0 Å². The van der Waals surface area contributed by atoms with Crippen molar-refractivity contribution in [1.29, 1.82) is 0 Å². The van der Waals surface area contributed by atoms with Crippen LogP contribution < -0.4 is 10.2 Å². The molecule has 0 aliphatic carbocycles. The first kappa shape index (κ1) is 23.3. The Bertz CT molecular complexity index is 1330. The van der Waals surface area contributed by atoms with Gasteiger partial charge in [0.15, 0.2) is 0 Å². The maximum Gasteiger partial charge on any atom is 0.261 e. The van der Waals surface area contributed by atoms with Crippen LogP contribution in [0, 0.1) is 0 Å². The molecule has 0 unspecified atom stereocenters. The number of anilines is 1. The molecule has 1 aliphatic rings. The highest BCUT2D eigenvalue weighted by atomic mass is 35.5. The van der Waals surface area contributed by atoms with Gasteiger partial charge in [-0.2, -0.15) is 5.10 Å². The Morgan fingerprint density at radius 1 is 1.03 bits per heavy atom. The first-order valence-electron chi connectivity index (χ1n) is 11.2. The summed E-state index contributed by atoms with van der Waals surface area (Å²) in [6.07, 6.45) is 2.30. The fraction of sp³-hybridized carbons (Fsp3) is 0.192. The first-order chi connectivity index (χ1) is 17.1. The Hall–Kier alpha value is -3.46. The number of benzene rings is 2. The van der Waals surface area contributed by atoms with Gasteiger partial charge in [-0.15, -0.1) is 11.3 Å². The van der Waals surface area contributed by atoms with Crippen LogP contribution in [0.25, 0.3) is 16.9 Å². The third-order valence-electron chi connectivity index (χ3n) is 5.72. The maximum atomic E-state index is 12.6. The molecule has 1 N–H and O–H groups in total. The number of nitrogens with zero attached hydrogens (tertiary/aromatic N) is 3. The molecule has 178 valence electrons. The van der Waals surface area contributed by atoms with E-state index in [1.807, 2.05) is 60.8 Å². The molecule has 7 nitrogen and oxygen atoms in total.